The lowest BCUT2D eigenvalue weighted by Gasteiger charge is -2.37. The highest BCUT2D eigenvalue weighted by molar-refractivity contribution is 9.10. The number of amides is 2. The lowest BCUT2D eigenvalue weighted by molar-refractivity contribution is -0.131. The monoisotopic (exact) mass is 346 g/mol. The van der Waals surface area contributed by atoms with E-state index in [1.54, 1.807) is 13.8 Å². The van der Waals surface area contributed by atoms with Crippen LogP contribution in [0.25, 0.3) is 0 Å². The molecule has 2 amide bonds. The summed E-state index contributed by atoms with van der Waals surface area (Å²) in [5.41, 5.74) is -0.100. The molecule has 1 aliphatic heterocycles. The third kappa shape index (κ3) is 2.54. The number of benzene rings is 1. The van der Waals surface area contributed by atoms with Gasteiger partial charge in [-0.1, -0.05) is 13.8 Å². The van der Waals surface area contributed by atoms with Crippen molar-refractivity contribution < 1.29 is 18.4 Å². The number of hydrogen-bond donors (Lipinski definition) is 1. The second kappa shape index (κ2) is 5.47. The second-order valence-corrected chi connectivity index (χ2v) is 5.74. The summed E-state index contributed by atoms with van der Waals surface area (Å²) in [6.45, 7) is 3.31. The molecule has 1 aromatic carbocycles. The van der Waals surface area contributed by atoms with Crippen molar-refractivity contribution >= 4 is 33.4 Å². The number of anilines is 1. The van der Waals surface area contributed by atoms with Crippen molar-refractivity contribution in [1.29, 1.82) is 0 Å². The Bertz CT molecular complexity index is 578. The number of rotatable bonds is 2. The first-order chi connectivity index (χ1) is 9.32. The molecule has 1 saturated heterocycles. The fourth-order valence-electron chi connectivity index (χ4n) is 2.21. The molecule has 1 unspecified atom stereocenters. The van der Waals surface area contributed by atoms with E-state index in [4.69, 9.17) is 0 Å². The van der Waals surface area contributed by atoms with Crippen molar-refractivity contribution in [2.24, 2.45) is 5.92 Å². The zero-order chi connectivity index (χ0) is 15.0. The van der Waals surface area contributed by atoms with Crippen LogP contribution in [0.5, 0.6) is 0 Å². The Hall–Kier alpha value is -1.50. The van der Waals surface area contributed by atoms with Gasteiger partial charge in [0.2, 0.25) is 11.8 Å². The van der Waals surface area contributed by atoms with Crippen LogP contribution >= 0.6 is 15.9 Å². The van der Waals surface area contributed by atoms with Crippen molar-refractivity contribution in [3.8, 4) is 0 Å². The van der Waals surface area contributed by atoms with Crippen LogP contribution in [0, 0.1) is 17.6 Å². The van der Waals surface area contributed by atoms with Gasteiger partial charge in [-0.05, 0) is 27.9 Å². The molecule has 1 N–H and O–H groups in total. The third-order valence-electron chi connectivity index (χ3n) is 3.11. The van der Waals surface area contributed by atoms with Crippen LogP contribution in [0.4, 0.5) is 14.5 Å². The van der Waals surface area contributed by atoms with E-state index in [0.717, 1.165) is 4.90 Å². The topological polar surface area (TPSA) is 49.4 Å². The summed E-state index contributed by atoms with van der Waals surface area (Å²) in [6, 6.07) is 1.05. The van der Waals surface area contributed by atoms with Gasteiger partial charge < -0.3 is 5.32 Å². The minimum atomic E-state index is -0.876. The smallest absolute Gasteiger partial charge is 0.247 e. The Morgan fingerprint density at radius 1 is 1.30 bits per heavy atom. The summed E-state index contributed by atoms with van der Waals surface area (Å²) < 4.78 is 27.3. The third-order valence-corrected chi connectivity index (χ3v) is 3.72. The maximum Gasteiger partial charge on any atom is 0.247 e. The highest BCUT2D eigenvalue weighted by atomic mass is 79.9. The summed E-state index contributed by atoms with van der Waals surface area (Å²) in [4.78, 5) is 25.1. The molecule has 0 saturated carbocycles. The lowest BCUT2D eigenvalue weighted by atomic mass is 9.98. The Labute approximate surface area is 123 Å². The Morgan fingerprint density at radius 3 is 2.55 bits per heavy atom. The van der Waals surface area contributed by atoms with Crippen LogP contribution in [0.2, 0.25) is 0 Å². The summed E-state index contributed by atoms with van der Waals surface area (Å²) in [7, 11) is 0. The average Bonchev–Trinajstić information content (AvgIpc) is 2.36. The minimum Gasteiger partial charge on any atom is -0.345 e. The predicted molar refractivity (Wildman–Crippen MR) is 73.2 cm³/mol. The normalized spacial score (nSPS) is 19.5. The van der Waals surface area contributed by atoms with E-state index in [0.29, 0.717) is 6.07 Å². The molecular formula is C13H13BrF2N2O2. The fraction of sp³-hybridized carbons (Fsp3) is 0.385. The van der Waals surface area contributed by atoms with Gasteiger partial charge in [0.05, 0.1) is 16.7 Å². The van der Waals surface area contributed by atoms with Crippen molar-refractivity contribution in [3.05, 3.63) is 28.2 Å². The molecular weight excluding hydrogens is 334 g/mol. The Morgan fingerprint density at radius 2 is 1.95 bits per heavy atom. The van der Waals surface area contributed by atoms with Crippen molar-refractivity contribution in [1.82, 2.24) is 5.32 Å². The van der Waals surface area contributed by atoms with Gasteiger partial charge in [-0.2, -0.15) is 0 Å². The number of carbonyl (C=O) groups excluding carboxylic acids is 2. The molecule has 20 heavy (non-hydrogen) atoms. The molecule has 0 aromatic heterocycles. The van der Waals surface area contributed by atoms with Gasteiger partial charge in [-0.15, -0.1) is 0 Å². The van der Waals surface area contributed by atoms with E-state index in [1.807, 2.05) is 0 Å². The van der Waals surface area contributed by atoms with Crippen LogP contribution in [-0.2, 0) is 9.59 Å². The molecule has 0 aliphatic carbocycles. The molecule has 1 aliphatic rings. The molecule has 1 heterocycles. The molecule has 0 spiro atoms. The van der Waals surface area contributed by atoms with Gasteiger partial charge >= 0.3 is 0 Å². The van der Waals surface area contributed by atoms with Crippen LogP contribution in [-0.4, -0.2) is 24.4 Å². The summed E-state index contributed by atoms with van der Waals surface area (Å²) in [5.74, 6) is -2.62. The van der Waals surface area contributed by atoms with Gasteiger partial charge in [-0.25, -0.2) is 8.78 Å². The molecule has 108 valence electrons. The van der Waals surface area contributed by atoms with Crippen molar-refractivity contribution in [2.75, 3.05) is 11.4 Å². The molecule has 0 radical (unpaired) electrons. The van der Waals surface area contributed by atoms with E-state index in [-0.39, 0.29) is 28.5 Å². The van der Waals surface area contributed by atoms with E-state index < -0.39 is 23.6 Å². The van der Waals surface area contributed by atoms with Gasteiger partial charge in [0, 0.05) is 6.07 Å². The van der Waals surface area contributed by atoms with E-state index >= 15 is 0 Å². The number of halogens is 3. The number of nitrogens with one attached hydrogen (secondary N) is 1. The fourth-order valence-corrected chi connectivity index (χ4v) is 2.54. The number of nitrogens with zero attached hydrogens (tertiary/aromatic N) is 1. The van der Waals surface area contributed by atoms with Crippen LogP contribution in [0.15, 0.2) is 16.6 Å². The van der Waals surface area contributed by atoms with Crippen LogP contribution < -0.4 is 10.2 Å². The zero-order valence-electron chi connectivity index (χ0n) is 10.9. The minimum absolute atomic E-state index is 0.0372. The maximum absolute atomic E-state index is 14.0. The van der Waals surface area contributed by atoms with E-state index in [1.165, 1.54) is 6.07 Å². The van der Waals surface area contributed by atoms with Crippen LogP contribution in [0.1, 0.15) is 13.8 Å². The molecule has 1 fully saturated rings. The highest BCUT2D eigenvalue weighted by Crippen LogP contribution is 2.30. The molecule has 1 atom stereocenters. The molecule has 2 rings (SSSR count). The SMILES string of the molecule is CC(C)C1C(=O)NCC(=O)N1c1cc(Br)c(F)cc1F. The molecule has 4 nitrogen and oxygen atoms in total. The maximum atomic E-state index is 14.0. The zero-order valence-corrected chi connectivity index (χ0v) is 12.5. The van der Waals surface area contributed by atoms with Gasteiger partial charge in [0.1, 0.15) is 17.7 Å². The lowest BCUT2D eigenvalue weighted by Crippen LogP contribution is -2.60. The van der Waals surface area contributed by atoms with E-state index in [2.05, 4.69) is 21.2 Å². The highest BCUT2D eigenvalue weighted by Gasteiger charge is 2.38. The second-order valence-electron chi connectivity index (χ2n) is 4.89. The van der Waals surface area contributed by atoms with Gasteiger partial charge in [0.25, 0.3) is 0 Å². The van der Waals surface area contributed by atoms with E-state index in [9.17, 15) is 18.4 Å². The quantitative estimate of drug-likeness (QED) is 0.834. The number of carbonyl (C=O) groups is 2. The number of piperazine rings is 1. The van der Waals surface area contributed by atoms with Gasteiger partial charge in [0.15, 0.2) is 0 Å². The molecule has 1 aromatic rings. The largest absolute Gasteiger partial charge is 0.345 e. The first kappa shape index (κ1) is 14.9. The van der Waals surface area contributed by atoms with Crippen LogP contribution in [0.3, 0.4) is 0 Å². The Kier molecular flexibility index (Phi) is 4.08. The summed E-state index contributed by atoms with van der Waals surface area (Å²) >= 11 is 2.96. The van der Waals surface area contributed by atoms with Gasteiger partial charge in [-0.3, -0.25) is 14.5 Å². The first-order valence-corrected chi connectivity index (χ1v) is 6.86. The average molecular weight is 347 g/mol. The number of hydrogen-bond acceptors (Lipinski definition) is 2. The van der Waals surface area contributed by atoms with Crippen molar-refractivity contribution in [2.45, 2.75) is 19.9 Å². The molecule has 0 bridgehead atoms. The summed E-state index contributed by atoms with van der Waals surface area (Å²) in [6.07, 6.45) is 0. The molecule has 7 heteroatoms. The summed E-state index contributed by atoms with van der Waals surface area (Å²) in [5, 5.41) is 2.47. The first-order valence-electron chi connectivity index (χ1n) is 6.07. The standard InChI is InChI=1S/C13H13BrF2N2O2/c1-6(2)12-13(20)17-5-11(19)18(12)10-3-7(14)8(15)4-9(10)16/h3-4,6,12H,5H2,1-2H3,(H,17,20). The van der Waals surface area contributed by atoms with Crippen molar-refractivity contribution in [3.63, 3.8) is 0 Å². The predicted octanol–water partition coefficient (Wildman–Crippen LogP) is 2.21. The Balaban J connectivity index is 2.54.